The van der Waals surface area contributed by atoms with Crippen LogP contribution >= 0.6 is 0 Å². The lowest BCUT2D eigenvalue weighted by molar-refractivity contribution is -0.199. The average Bonchev–Trinajstić information content (AvgIpc) is 2.94. The third-order valence-corrected chi connectivity index (χ3v) is 9.72. The monoisotopic (exact) mass is 369 g/mol. The van der Waals surface area contributed by atoms with Gasteiger partial charge in [0.25, 0.3) is 0 Å². The van der Waals surface area contributed by atoms with E-state index in [4.69, 9.17) is 4.42 Å². The van der Waals surface area contributed by atoms with Gasteiger partial charge in [-0.1, -0.05) is 13.8 Å². The van der Waals surface area contributed by atoms with Crippen molar-refractivity contribution in [2.24, 2.45) is 28.6 Å². The van der Waals surface area contributed by atoms with Gasteiger partial charge in [-0.05, 0) is 105 Å². The summed E-state index contributed by atoms with van der Waals surface area (Å²) < 4.78 is 5.18. The summed E-state index contributed by atoms with van der Waals surface area (Å²) in [5.41, 5.74) is 0.524. The molecule has 0 aromatic carbocycles. The van der Waals surface area contributed by atoms with Gasteiger partial charge in [-0.2, -0.15) is 0 Å². The van der Waals surface area contributed by atoms with Crippen molar-refractivity contribution >= 4 is 0 Å². The van der Waals surface area contributed by atoms with Crippen LogP contribution in [0, 0.1) is 35.0 Å². The zero-order chi connectivity index (χ0) is 18.9. The molecule has 147 valence electrons. The Morgan fingerprint density at radius 1 is 1.04 bits per heavy atom. The van der Waals surface area contributed by atoms with Crippen LogP contribution in [0.25, 0.3) is 0 Å². The van der Waals surface area contributed by atoms with Crippen molar-refractivity contribution in [3.05, 3.63) is 40.8 Å². The van der Waals surface area contributed by atoms with Crippen molar-refractivity contribution in [1.29, 1.82) is 0 Å². The van der Waals surface area contributed by atoms with Gasteiger partial charge in [0.1, 0.15) is 0 Å². The van der Waals surface area contributed by atoms with Gasteiger partial charge < -0.3 is 9.52 Å². The van der Waals surface area contributed by atoms with Gasteiger partial charge in [0.15, 0.2) is 0 Å². The second-order valence-corrected chi connectivity index (χ2v) is 10.4. The molecule has 3 heteroatoms. The van der Waals surface area contributed by atoms with Gasteiger partial charge in [-0.15, -0.1) is 0 Å². The smallest absolute Gasteiger partial charge is 0.335 e. The lowest BCUT2D eigenvalue weighted by atomic mass is 9.43. The molecule has 0 bridgehead atoms. The largest absolute Gasteiger partial charge is 0.431 e. The summed E-state index contributed by atoms with van der Waals surface area (Å²) in [7, 11) is 0. The Morgan fingerprint density at radius 2 is 1.89 bits per heavy atom. The van der Waals surface area contributed by atoms with Crippen LogP contribution in [-0.4, -0.2) is 10.7 Å². The van der Waals surface area contributed by atoms with Gasteiger partial charge in [-0.25, -0.2) is 4.79 Å². The summed E-state index contributed by atoms with van der Waals surface area (Å²) in [4.78, 5) is 11.4. The highest BCUT2D eigenvalue weighted by molar-refractivity contribution is 5.27. The Hall–Kier alpha value is -1.09. The molecule has 4 aliphatic carbocycles. The first-order chi connectivity index (χ1) is 12.9. The molecule has 1 aromatic heterocycles. The molecule has 7 atom stereocenters. The summed E-state index contributed by atoms with van der Waals surface area (Å²) >= 11 is 0. The highest BCUT2D eigenvalue weighted by atomic mass is 16.4. The first-order valence-corrected chi connectivity index (χ1v) is 11.0. The molecule has 4 saturated carbocycles. The third kappa shape index (κ3) is 2.33. The number of rotatable bonds is 1. The fourth-order valence-electron chi connectivity index (χ4n) is 8.11. The van der Waals surface area contributed by atoms with E-state index in [1.807, 2.05) is 6.07 Å². The Balaban J connectivity index is 1.50. The van der Waals surface area contributed by atoms with E-state index in [1.54, 1.807) is 6.26 Å². The van der Waals surface area contributed by atoms with Crippen LogP contribution in [-0.2, 0) is 0 Å². The summed E-state index contributed by atoms with van der Waals surface area (Å²) in [6.45, 7) is 4.85. The number of fused-ring (bicyclic) bond motifs is 5. The van der Waals surface area contributed by atoms with Gasteiger partial charge >= 0.3 is 5.63 Å². The van der Waals surface area contributed by atoms with E-state index in [9.17, 15) is 9.90 Å². The molecule has 3 nitrogen and oxygen atoms in total. The highest BCUT2D eigenvalue weighted by Gasteiger charge is 2.67. The van der Waals surface area contributed by atoms with E-state index in [2.05, 4.69) is 20.3 Å². The van der Waals surface area contributed by atoms with E-state index in [0.29, 0.717) is 17.3 Å². The molecule has 1 heterocycles. The van der Waals surface area contributed by atoms with Gasteiger partial charge in [0.05, 0.1) is 11.9 Å². The van der Waals surface area contributed by atoms with Crippen molar-refractivity contribution in [3.8, 4) is 0 Å². The van der Waals surface area contributed by atoms with E-state index in [-0.39, 0.29) is 17.0 Å². The van der Waals surface area contributed by atoms with Crippen LogP contribution in [0.2, 0.25) is 0 Å². The van der Waals surface area contributed by atoms with E-state index < -0.39 is 5.60 Å². The standard InChI is InChI=1S/C24H33O3/c1-22-12-4-3-5-17(22)7-8-20-19(22)10-13-23(2)18(11-14-24(20,23)26)16-6-9-21(25)27-15-16/h3,6,9,15,17-20,26H,4-5,7-8,10-14H2,1-2H3. The second-order valence-electron chi connectivity index (χ2n) is 10.4. The first kappa shape index (κ1) is 18.0. The predicted molar refractivity (Wildman–Crippen MR) is 105 cm³/mol. The Labute approximate surface area is 162 Å². The molecular weight excluding hydrogens is 336 g/mol. The van der Waals surface area contributed by atoms with Crippen LogP contribution in [0.15, 0.2) is 27.6 Å². The lowest BCUT2D eigenvalue weighted by Gasteiger charge is -2.63. The van der Waals surface area contributed by atoms with Gasteiger partial charge in [0.2, 0.25) is 0 Å². The van der Waals surface area contributed by atoms with E-state index in [1.165, 1.54) is 44.6 Å². The van der Waals surface area contributed by atoms with Crippen LogP contribution in [0.1, 0.15) is 83.1 Å². The Kier molecular flexibility index (Phi) is 3.96. The Bertz CT molecular complexity index is 764. The SMILES string of the molecule is CC12CC[CH]CC1CCC1C2CCC2(C)C(c3ccc(=O)oc3)CCC12O. The van der Waals surface area contributed by atoms with Crippen molar-refractivity contribution in [3.63, 3.8) is 0 Å². The number of aliphatic hydroxyl groups is 1. The molecule has 0 saturated heterocycles. The van der Waals surface area contributed by atoms with E-state index >= 15 is 0 Å². The maximum atomic E-state index is 12.2. The summed E-state index contributed by atoms with van der Waals surface area (Å²) in [5.74, 6) is 2.20. The van der Waals surface area contributed by atoms with Crippen molar-refractivity contribution in [2.45, 2.75) is 83.2 Å². The van der Waals surface area contributed by atoms with Gasteiger partial charge in [-0.3, -0.25) is 0 Å². The van der Waals surface area contributed by atoms with Crippen LogP contribution in [0.5, 0.6) is 0 Å². The molecule has 0 aliphatic heterocycles. The second kappa shape index (κ2) is 5.95. The Morgan fingerprint density at radius 3 is 2.67 bits per heavy atom. The topological polar surface area (TPSA) is 50.4 Å². The van der Waals surface area contributed by atoms with Crippen molar-refractivity contribution in [2.75, 3.05) is 0 Å². The first-order valence-electron chi connectivity index (χ1n) is 11.0. The molecule has 4 aliphatic rings. The normalized spacial score (nSPS) is 49.1. The molecule has 5 rings (SSSR count). The lowest BCUT2D eigenvalue weighted by Crippen LogP contribution is -2.61. The summed E-state index contributed by atoms with van der Waals surface area (Å²) in [5, 5.41) is 12.2. The van der Waals surface area contributed by atoms with Crippen LogP contribution < -0.4 is 5.63 Å². The highest BCUT2D eigenvalue weighted by Crippen LogP contribution is 2.70. The number of hydrogen-bond donors (Lipinski definition) is 1. The predicted octanol–water partition coefficient (Wildman–Crippen LogP) is 5.09. The minimum atomic E-state index is -0.578. The molecule has 27 heavy (non-hydrogen) atoms. The molecule has 1 N–H and O–H groups in total. The van der Waals surface area contributed by atoms with Gasteiger partial charge in [0, 0.05) is 11.5 Å². The molecule has 0 spiro atoms. The zero-order valence-electron chi connectivity index (χ0n) is 16.7. The maximum Gasteiger partial charge on any atom is 0.335 e. The van der Waals surface area contributed by atoms with Crippen molar-refractivity contribution in [1.82, 2.24) is 0 Å². The molecule has 1 radical (unpaired) electrons. The molecule has 7 unspecified atom stereocenters. The quantitative estimate of drug-likeness (QED) is 0.750. The maximum absolute atomic E-state index is 12.2. The fourth-order valence-corrected chi connectivity index (χ4v) is 8.11. The number of hydrogen-bond acceptors (Lipinski definition) is 3. The van der Waals surface area contributed by atoms with E-state index in [0.717, 1.165) is 30.7 Å². The van der Waals surface area contributed by atoms with Crippen LogP contribution in [0.3, 0.4) is 0 Å². The molecule has 4 fully saturated rings. The van der Waals surface area contributed by atoms with Crippen molar-refractivity contribution < 1.29 is 9.52 Å². The minimum Gasteiger partial charge on any atom is -0.431 e. The molecule has 1 aromatic rings. The summed E-state index contributed by atoms with van der Waals surface area (Å²) in [6.07, 6.45) is 14.6. The fraction of sp³-hybridized carbons (Fsp3) is 0.750. The summed E-state index contributed by atoms with van der Waals surface area (Å²) in [6, 6.07) is 3.46. The van der Waals surface area contributed by atoms with Crippen LogP contribution in [0.4, 0.5) is 0 Å². The third-order valence-electron chi connectivity index (χ3n) is 9.72. The molecular formula is C24H33O3. The minimum absolute atomic E-state index is 0.113. The zero-order valence-corrected chi connectivity index (χ0v) is 16.7. The average molecular weight is 370 g/mol. The molecule has 0 amide bonds.